The lowest BCUT2D eigenvalue weighted by atomic mass is 10.1. The monoisotopic (exact) mass is 223 g/mol. The van der Waals surface area contributed by atoms with Crippen LogP contribution in [0.25, 0.3) is 0 Å². The molecule has 1 unspecified atom stereocenters. The van der Waals surface area contributed by atoms with Crippen molar-refractivity contribution in [1.29, 1.82) is 0 Å². The molecule has 1 aromatic carbocycles. The maximum absolute atomic E-state index is 10.9. The highest BCUT2D eigenvalue weighted by Gasteiger charge is 2.11. The van der Waals surface area contributed by atoms with Crippen molar-refractivity contribution in [1.82, 2.24) is 0 Å². The molecule has 0 amide bonds. The molecule has 1 rings (SSSR count). The molecule has 1 atom stereocenters. The lowest BCUT2D eigenvalue weighted by Crippen LogP contribution is -2.13. The van der Waals surface area contributed by atoms with Crippen molar-refractivity contribution in [2.75, 3.05) is 12.4 Å². The Bertz CT molecular complexity index is 377. The van der Waals surface area contributed by atoms with Gasteiger partial charge in [0.05, 0.1) is 7.11 Å². The Hall–Kier alpha value is -1.71. The zero-order chi connectivity index (χ0) is 12.1. The number of nitrogens with one attached hydrogen (secondary N) is 1. The number of carboxylic acid groups (broad SMARTS) is 1. The van der Waals surface area contributed by atoms with Crippen LogP contribution in [-0.2, 0) is 0 Å². The minimum atomic E-state index is -0.980. The molecule has 0 saturated heterocycles. The van der Waals surface area contributed by atoms with E-state index in [1.165, 1.54) is 7.11 Å². The van der Waals surface area contributed by atoms with Crippen LogP contribution in [0.5, 0.6) is 5.75 Å². The standard InChI is InChI=1S/C12H17NO3/c1-4-8(2)13-9-5-6-10(12(14)15)11(7-9)16-3/h5-8,13H,4H2,1-3H3,(H,14,15). The summed E-state index contributed by atoms with van der Waals surface area (Å²) in [6.07, 6.45) is 1.00. The molecular weight excluding hydrogens is 206 g/mol. The Labute approximate surface area is 95.2 Å². The summed E-state index contributed by atoms with van der Waals surface area (Å²) in [6, 6.07) is 5.35. The van der Waals surface area contributed by atoms with Gasteiger partial charge in [0.15, 0.2) is 0 Å². The van der Waals surface area contributed by atoms with Gasteiger partial charge in [-0.1, -0.05) is 6.92 Å². The Morgan fingerprint density at radius 3 is 2.75 bits per heavy atom. The summed E-state index contributed by atoms with van der Waals surface area (Å²) < 4.78 is 5.04. The minimum absolute atomic E-state index is 0.178. The first-order valence-corrected chi connectivity index (χ1v) is 5.26. The molecule has 1 aromatic rings. The fourth-order valence-corrected chi connectivity index (χ4v) is 1.34. The third kappa shape index (κ3) is 2.89. The van der Waals surface area contributed by atoms with Gasteiger partial charge in [-0.15, -0.1) is 0 Å². The number of rotatable bonds is 5. The maximum Gasteiger partial charge on any atom is 0.339 e. The summed E-state index contributed by atoms with van der Waals surface area (Å²) in [6.45, 7) is 4.15. The Kier molecular flexibility index (Phi) is 4.17. The van der Waals surface area contributed by atoms with Crippen LogP contribution in [0.2, 0.25) is 0 Å². The molecule has 4 heteroatoms. The Morgan fingerprint density at radius 1 is 1.56 bits per heavy atom. The fraction of sp³-hybridized carbons (Fsp3) is 0.417. The van der Waals surface area contributed by atoms with E-state index in [9.17, 15) is 4.79 Å². The van der Waals surface area contributed by atoms with Crippen molar-refractivity contribution < 1.29 is 14.6 Å². The number of ether oxygens (including phenoxy) is 1. The molecule has 16 heavy (non-hydrogen) atoms. The number of methoxy groups -OCH3 is 1. The van der Waals surface area contributed by atoms with E-state index in [-0.39, 0.29) is 5.56 Å². The summed E-state index contributed by atoms with van der Waals surface area (Å²) in [4.78, 5) is 10.9. The van der Waals surface area contributed by atoms with E-state index in [1.807, 2.05) is 0 Å². The van der Waals surface area contributed by atoms with E-state index < -0.39 is 5.97 Å². The first-order chi connectivity index (χ1) is 7.58. The number of hydrogen-bond acceptors (Lipinski definition) is 3. The summed E-state index contributed by atoms with van der Waals surface area (Å²) >= 11 is 0. The molecule has 0 spiro atoms. The van der Waals surface area contributed by atoms with Crippen LogP contribution in [0.4, 0.5) is 5.69 Å². The summed E-state index contributed by atoms with van der Waals surface area (Å²) in [7, 11) is 1.47. The number of aromatic carboxylic acids is 1. The van der Waals surface area contributed by atoms with Crippen LogP contribution in [-0.4, -0.2) is 24.2 Å². The van der Waals surface area contributed by atoms with Gasteiger partial charge < -0.3 is 15.2 Å². The Balaban J connectivity index is 2.95. The summed E-state index contributed by atoms with van der Waals surface area (Å²) in [5.74, 6) is -0.604. The van der Waals surface area contributed by atoms with Gasteiger partial charge in [-0.3, -0.25) is 0 Å². The quantitative estimate of drug-likeness (QED) is 0.805. The first-order valence-electron chi connectivity index (χ1n) is 5.26. The molecular formula is C12H17NO3. The number of carbonyl (C=O) groups is 1. The van der Waals surface area contributed by atoms with E-state index in [1.54, 1.807) is 18.2 Å². The van der Waals surface area contributed by atoms with E-state index >= 15 is 0 Å². The van der Waals surface area contributed by atoms with Crippen molar-refractivity contribution in [2.45, 2.75) is 26.3 Å². The highest BCUT2D eigenvalue weighted by molar-refractivity contribution is 5.91. The van der Waals surface area contributed by atoms with Crippen LogP contribution in [0, 0.1) is 0 Å². The van der Waals surface area contributed by atoms with Crippen LogP contribution < -0.4 is 10.1 Å². The van der Waals surface area contributed by atoms with Crippen molar-refractivity contribution in [3.63, 3.8) is 0 Å². The van der Waals surface area contributed by atoms with Crippen molar-refractivity contribution in [2.24, 2.45) is 0 Å². The highest BCUT2D eigenvalue weighted by atomic mass is 16.5. The van der Waals surface area contributed by atoms with Crippen molar-refractivity contribution in [3.8, 4) is 5.75 Å². The smallest absolute Gasteiger partial charge is 0.339 e. The average Bonchev–Trinajstić information content (AvgIpc) is 2.28. The first kappa shape index (κ1) is 12.4. The maximum atomic E-state index is 10.9. The normalized spacial score (nSPS) is 11.9. The molecule has 0 bridgehead atoms. The predicted molar refractivity (Wildman–Crippen MR) is 63.3 cm³/mol. The van der Waals surface area contributed by atoms with E-state index in [2.05, 4.69) is 19.2 Å². The number of carboxylic acids is 1. The van der Waals surface area contributed by atoms with Crippen molar-refractivity contribution >= 4 is 11.7 Å². The molecule has 88 valence electrons. The van der Waals surface area contributed by atoms with E-state index in [0.717, 1.165) is 12.1 Å². The molecule has 0 fully saturated rings. The van der Waals surface area contributed by atoms with Gasteiger partial charge in [0, 0.05) is 17.8 Å². The van der Waals surface area contributed by atoms with Gasteiger partial charge in [-0.25, -0.2) is 4.79 Å². The molecule has 0 saturated carbocycles. The van der Waals surface area contributed by atoms with Gasteiger partial charge in [0.2, 0.25) is 0 Å². The molecule has 0 aromatic heterocycles. The second kappa shape index (κ2) is 5.39. The average molecular weight is 223 g/mol. The number of hydrogen-bond donors (Lipinski definition) is 2. The highest BCUT2D eigenvalue weighted by Crippen LogP contribution is 2.23. The van der Waals surface area contributed by atoms with Crippen molar-refractivity contribution in [3.05, 3.63) is 23.8 Å². The lowest BCUT2D eigenvalue weighted by molar-refractivity contribution is 0.0693. The van der Waals surface area contributed by atoms with Gasteiger partial charge in [0.25, 0.3) is 0 Å². The van der Waals surface area contributed by atoms with Gasteiger partial charge in [0.1, 0.15) is 11.3 Å². The second-order valence-electron chi connectivity index (χ2n) is 3.67. The molecule has 0 radical (unpaired) electrons. The van der Waals surface area contributed by atoms with Crippen LogP contribution >= 0.6 is 0 Å². The van der Waals surface area contributed by atoms with Gasteiger partial charge in [-0.2, -0.15) is 0 Å². The van der Waals surface area contributed by atoms with Crippen LogP contribution in [0.3, 0.4) is 0 Å². The molecule has 0 aliphatic rings. The van der Waals surface area contributed by atoms with Crippen LogP contribution in [0.1, 0.15) is 30.6 Å². The third-order valence-electron chi connectivity index (χ3n) is 2.46. The molecule has 0 heterocycles. The van der Waals surface area contributed by atoms with Gasteiger partial charge >= 0.3 is 5.97 Å². The zero-order valence-electron chi connectivity index (χ0n) is 9.78. The van der Waals surface area contributed by atoms with Gasteiger partial charge in [-0.05, 0) is 25.5 Å². The fourth-order valence-electron chi connectivity index (χ4n) is 1.34. The number of benzene rings is 1. The third-order valence-corrected chi connectivity index (χ3v) is 2.46. The second-order valence-corrected chi connectivity index (χ2v) is 3.67. The molecule has 0 aliphatic carbocycles. The zero-order valence-corrected chi connectivity index (χ0v) is 9.78. The topological polar surface area (TPSA) is 58.6 Å². The molecule has 0 aliphatic heterocycles. The molecule has 4 nitrogen and oxygen atoms in total. The van der Waals surface area contributed by atoms with E-state index in [4.69, 9.17) is 9.84 Å². The largest absolute Gasteiger partial charge is 0.496 e. The number of anilines is 1. The lowest BCUT2D eigenvalue weighted by Gasteiger charge is -2.14. The van der Waals surface area contributed by atoms with E-state index in [0.29, 0.717) is 11.8 Å². The predicted octanol–water partition coefficient (Wildman–Crippen LogP) is 2.60. The van der Waals surface area contributed by atoms with Crippen LogP contribution in [0.15, 0.2) is 18.2 Å². The summed E-state index contributed by atoms with van der Waals surface area (Å²) in [5.41, 5.74) is 1.05. The molecule has 2 N–H and O–H groups in total. The Morgan fingerprint density at radius 2 is 2.25 bits per heavy atom. The SMILES string of the molecule is CCC(C)Nc1ccc(C(=O)O)c(OC)c1. The summed E-state index contributed by atoms with van der Waals surface area (Å²) in [5, 5.41) is 12.2. The minimum Gasteiger partial charge on any atom is -0.496 e.